The first-order valence-electron chi connectivity index (χ1n) is 13.5. The summed E-state index contributed by atoms with van der Waals surface area (Å²) in [6.45, 7) is 2.63. The van der Waals surface area contributed by atoms with Crippen molar-refractivity contribution in [2.24, 2.45) is 4.99 Å². The lowest BCUT2D eigenvalue weighted by atomic mass is 10.1. The summed E-state index contributed by atoms with van der Waals surface area (Å²) in [5, 5.41) is 8.51. The fourth-order valence-corrected chi connectivity index (χ4v) is 5.63. The number of amides is 1. The third kappa shape index (κ3) is 7.79. The van der Waals surface area contributed by atoms with Crippen molar-refractivity contribution in [2.45, 2.75) is 32.5 Å². The lowest BCUT2D eigenvalue weighted by molar-refractivity contribution is -0.274. The Kier molecular flexibility index (Phi) is 9.41. The molecule has 13 heteroatoms. The predicted octanol–water partition coefficient (Wildman–Crippen LogP) is 6.34. The van der Waals surface area contributed by atoms with Crippen molar-refractivity contribution in [3.63, 3.8) is 0 Å². The monoisotopic (exact) mass is 624 g/mol. The summed E-state index contributed by atoms with van der Waals surface area (Å²) in [5.74, 6) is 0.457. The van der Waals surface area contributed by atoms with E-state index in [9.17, 15) is 18.0 Å². The number of hydrogen-bond donors (Lipinski definition) is 1. The van der Waals surface area contributed by atoms with Crippen LogP contribution >= 0.6 is 24.0 Å². The Hall–Kier alpha value is -4.23. The zero-order valence-corrected chi connectivity index (χ0v) is 24.7. The molecule has 4 aromatic rings. The van der Waals surface area contributed by atoms with Gasteiger partial charge in [0, 0.05) is 12.1 Å². The van der Waals surface area contributed by atoms with Gasteiger partial charge in [-0.1, -0.05) is 61.5 Å². The summed E-state index contributed by atoms with van der Waals surface area (Å²) in [5.41, 5.74) is 4.30. The number of aliphatic imine (C=N–C) groups is 1. The number of rotatable bonds is 9. The number of thioether (sulfide) groups is 1. The van der Waals surface area contributed by atoms with Crippen molar-refractivity contribution >= 4 is 45.9 Å². The second-order valence-corrected chi connectivity index (χ2v) is 10.9. The molecule has 0 radical (unpaired) electrons. The Labute approximate surface area is 256 Å². The van der Waals surface area contributed by atoms with Crippen LogP contribution in [0.1, 0.15) is 24.5 Å². The highest BCUT2D eigenvalue weighted by atomic mass is 32.2. The molecule has 1 N–H and O–H groups in total. The highest BCUT2D eigenvalue weighted by molar-refractivity contribution is 8.15. The number of thiocarbonyl (C=S) groups is 1. The molecule has 5 rings (SSSR count). The number of para-hydroxylation sites is 1. The van der Waals surface area contributed by atoms with Gasteiger partial charge in [0.15, 0.2) is 16.1 Å². The molecule has 0 unspecified atom stereocenters. The molecule has 0 saturated carbocycles. The number of amidine groups is 1. The molecule has 0 spiro atoms. The molecule has 0 bridgehead atoms. The lowest BCUT2D eigenvalue weighted by Gasteiger charge is -2.19. The number of nitrogens with zero attached hydrogens (tertiary/aromatic N) is 5. The largest absolute Gasteiger partial charge is 0.573 e. The van der Waals surface area contributed by atoms with Crippen LogP contribution in [0.5, 0.6) is 5.75 Å². The van der Waals surface area contributed by atoms with E-state index in [0.717, 1.165) is 35.2 Å². The predicted molar refractivity (Wildman–Crippen MR) is 166 cm³/mol. The van der Waals surface area contributed by atoms with E-state index in [2.05, 4.69) is 32.1 Å². The summed E-state index contributed by atoms with van der Waals surface area (Å²) in [6, 6.07) is 21.0. The molecule has 222 valence electrons. The minimum atomic E-state index is -4.75. The number of anilines is 1. The SMILES string of the molecule is CCCc1ccccc1N1C(=O)CS/C1=N\C(=S)NCCc1cccc(-c2ncn(-c3ccc(OC(F)(F)F)cc3)n2)c1. The van der Waals surface area contributed by atoms with E-state index in [-0.39, 0.29) is 11.7 Å². The van der Waals surface area contributed by atoms with Gasteiger partial charge in [-0.3, -0.25) is 9.69 Å². The van der Waals surface area contributed by atoms with E-state index >= 15 is 0 Å². The van der Waals surface area contributed by atoms with Crippen LogP contribution in [0.2, 0.25) is 0 Å². The molecule has 43 heavy (non-hydrogen) atoms. The number of alkyl halides is 3. The molecular weight excluding hydrogens is 597 g/mol. The van der Waals surface area contributed by atoms with Crippen LogP contribution < -0.4 is 15.0 Å². The minimum Gasteiger partial charge on any atom is -0.406 e. The smallest absolute Gasteiger partial charge is 0.406 e. The number of ether oxygens (including phenoxy) is 1. The summed E-state index contributed by atoms with van der Waals surface area (Å²) >= 11 is 6.85. The van der Waals surface area contributed by atoms with Crippen LogP contribution in [0, 0.1) is 0 Å². The van der Waals surface area contributed by atoms with Crippen molar-refractivity contribution < 1.29 is 22.7 Å². The number of halogens is 3. The lowest BCUT2D eigenvalue weighted by Crippen LogP contribution is -2.32. The number of nitrogens with one attached hydrogen (secondary N) is 1. The average molecular weight is 625 g/mol. The van der Waals surface area contributed by atoms with Gasteiger partial charge in [0.05, 0.1) is 17.1 Å². The fraction of sp³-hybridized carbons (Fsp3) is 0.233. The zero-order valence-electron chi connectivity index (χ0n) is 23.0. The van der Waals surface area contributed by atoms with Crippen molar-refractivity contribution in [1.82, 2.24) is 20.1 Å². The van der Waals surface area contributed by atoms with Gasteiger partial charge >= 0.3 is 6.36 Å². The third-order valence-corrected chi connectivity index (χ3v) is 7.58. The molecule has 1 aliphatic heterocycles. The second-order valence-electron chi connectivity index (χ2n) is 9.53. The number of hydrogen-bond acceptors (Lipinski definition) is 6. The second kappa shape index (κ2) is 13.4. The van der Waals surface area contributed by atoms with E-state index in [1.807, 2.05) is 48.5 Å². The highest BCUT2D eigenvalue weighted by Gasteiger charge is 2.32. The molecule has 1 saturated heterocycles. The van der Waals surface area contributed by atoms with Gasteiger partial charge in [0.25, 0.3) is 0 Å². The maximum Gasteiger partial charge on any atom is 0.573 e. The number of carbonyl (C=O) groups excluding carboxylic acids is 1. The van der Waals surface area contributed by atoms with Crippen LogP contribution in [0.25, 0.3) is 17.1 Å². The van der Waals surface area contributed by atoms with Gasteiger partial charge in [-0.05, 0) is 72.6 Å². The van der Waals surface area contributed by atoms with Gasteiger partial charge in [-0.2, -0.15) is 4.99 Å². The van der Waals surface area contributed by atoms with E-state index in [0.29, 0.717) is 40.5 Å². The van der Waals surface area contributed by atoms with Crippen molar-refractivity contribution in [2.75, 3.05) is 17.2 Å². The Balaban J connectivity index is 1.20. The summed E-state index contributed by atoms with van der Waals surface area (Å²) < 4.78 is 42.7. The molecule has 8 nitrogen and oxygen atoms in total. The highest BCUT2D eigenvalue weighted by Crippen LogP contribution is 2.30. The Morgan fingerprint density at radius 2 is 1.88 bits per heavy atom. The van der Waals surface area contributed by atoms with Gasteiger partial charge in [-0.15, -0.1) is 18.3 Å². The van der Waals surface area contributed by atoms with Crippen LogP contribution in [0.3, 0.4) is 0 Å². The van der Waals surface area contributed by atoms with Gasteiger partial charge < -0.3 is 10.1 Å². The molecule has 1 amide bonds. The Bertz CT molecular complexity index is 1640. The maximum absolute atomic E-state index is 12.7. The van der Waals surface area contributed by atoms with Crippen molar-refractivity contribution in [3.8, 4) is 22.8 Å². The van der Waals surface area contributed by atoms with E-state index in [1.54, 1.807) is 4.90 Å². The van der Waals surface area contributed by atoms with Crippen molar-refractivity contribution in [1.29, 1.82) is 0 Å². The average Bonchev–Trinajstić information content (AvgIpc) is 3.61. The number of carbonyl (C=O) groups is 1. The summed E-state index contributed by atoms with van der Waals surface area (Å²) in [6.07, 6.45) is -0.774. The van der Waals surface area contributed by atoms with Crippen molar-refractivity contribution in [3.05, 3.63) is 90.3 Å². The molecular formula is C30H27F3N6O2S2. The van der Waals surface area contributed by atoms with Gasteiger partial charge in [-0.25, -0.2) is 9.67 Å². The normalized spacial score (nSPS) is 14.4. The summed E-state index contributed by atoms with van der Waals surface area (Å²) in [4.78, 5) is 23.3. The quantitative estimate of drug-likeness (QED) is 0.218. The first kappa shape index (κ1) is 30.2. The standard InChI is InChI=1S/C30H27F3N6O2S2/c1-2-6-21-8-3-4-10-25(21)39-26(40)18-43-29(39)36-28(42)34-16-15-20-7-5-9-22(17-20)27-35-19-38(37-27)23-11-13-24(14-12-23)41-30(31,32)33/h3-5,7-14,17,19H,2,6,15-16,18H2,1H3,(H,34,42)/b36-29-. The third-order valence-electron chi connectivity index (χ3n) is 6.42. The van der Waals surface area contributed by atoms with Gasteiger partial charge in [0.2, 0.25) is 5.91 Å². The van der Waals surface area contributed by atoms with Crippen LogP contribution in [0.15, 0.2) is 84.1 Å². The van der Waals surface area contributed by atoms with Crippen LogP contribution in [-0.4, -0.2) is 49.6 Å². The Morgan fingerprint density at radius 3 is 2.65 bits per heavy atom. The first-order chi connectivity index (χ1) is 20.7. The first-order valence-corrected chi connectivity index (χ1v) is 14.9. The topological polar surface area (TPSA) is 84.6 Å². The zero-order chi connectivity index (χ0) is 30.4. The summed E-state index contributed by atoms with van der Waals surface area (Å²) in [7, 11) is 0. The molecule has 3 aromatic carbocycles. The number of aromatic nitrogens is 3. The van der Waals surface area contributed by atoms with Crippen LogP contribution in [0.4, 0.5) is 18.9 Å². The molecule has 0 aliphatic carbocycles. The minimum absolute atomic E-state index is 0.0181. The molecule has 1 aromatic heterocycles. The van der Waals surface area contributed by atoms with E-state index in [1.165, 1.54) is 47.0 Å². The number of benzene rings is 3. The molecule has 2 heterocycles. The number of aryl methyl sites for hydroxylation is 1. The molecule has 0 atom stereocenters. The van der Waals surface area contributed by atoms with E-state index < -0.39 is 6.36 Å². The van der Waals surface area contributed by atoms with E-state index in [4.69, 9.17) is 12.2 Å². The maximum atomic E-state index is 12.7. The van der Waals surface area contributed by atoms with Crippen LogP contribution in [-0.2, 0) is 17.6 Å². The van der Waals surface area contributed by atoms with Gasteiger partial charge in [0.1, 0.15) is 12.1 Å². The Morgan fingerprint density at radius 1 is 1.09 bits per heavy atom. The molecule has 1 fully saturated rings. The molecule has 1 aliphatic rings. The fourth-order valence-electron chi connectivity index (χ4n) is 4.52.